The predicted octanol–water partition coefficient (Wildman–Crippen LogP) is 2.25. The first-order chi connectivity index (χ1) is 15.8. The number of hydrogen-bond acceptors (Lipinski definition) is 5. The van der Waals surface area contributed by atoms with Gasteiger partial charge in [-0.15, -0.1) is 0 Å². The van der Waals surface area contributed by atoms with Crippen LogP contribution in [0, 0.1) is 0 Å². The van der Waals surface area contributed by atoms with Gasteiger partial charge in [0.2, 0.25) is 5.91 Å². The number of hydrogen-bond donors (Lipinski definition) is 3. The fraction of sp³-hybridized carbons (Fsp3) is 0.261. The number of nitrogens with one attached hydrogen (secondary N) is 1. The molecular formula is C23H25N5O4S. The Morgan fingerprint density at radius 2 is 1.73 bits per heavy atom. The Bertz CT molecular complexity index is 1090. The van der Waals surface area contributed by atoms with E-state index in [0.717, 1.165) is 5.69 Å². The van der Waals surface area contributed by atoms with E-state index in [4.69, 9.17) is 10.8 Å². The molecule has 0 bridgehead atoms. The molecular weight excluding hydrogens is 442 g/mol. The van der Waals surface area contributed by atoms with E-state index in [9.17, 15) is 14.4 Å². The number of rotatable bonds is 7. The lowest BCUT2D eigenvalue weighted by Gasteiger charge is -2.19. The molecule has 2 unspecified atom stereocenters. The summed E-state index contributed by atoms with van der Waals surface area (Å²) in [6, 6.07) is 15.8. The van der Waals surface area contributed by atoms with Gasteiger partial charge in [0.05, 0.1) is 12.1 Å². The lowest BCUT2D eigenvalue weighted by molar-refractivity contribution is -0.136. The van der Waals surface area contributed by atoms with Crippen molar-refractivity contribution in [1.29, 1.82) is 0 Å². The minimum absolute atomic E-state index is 0.0517. The Labute approximate surface area is 195 Å². The maximum absolute atomic E-state index is 12.7. The summed E-state index contributed by atoms with van der Waals surface area (Å²) in [6.07, 6.45) is -0.149. The highest BCUT2D eigenvalue weighted by molar-refractivity contribution is 8.15. The van der Waals surface area contributed by atoms with Crippen molar-refractivity contribution in [2.75, 3.05) is 13.6 Å². The largest absolute Gasteiger partial charge is 0.481 e. The van der Waals surface area contributed by atoms with Crippen LogP contribution < -0.4 is 11.1 Å². The molecule has 2 aromatic carbocycles. The SMILES string of the molecule is CC1C(C(=O)NCCC(=O)O)SC(=NC(=O)c2ccc(C(N)=Nc3ccccc3)cc2)N1C. The molecule has 4 N–H and O–H groups in total. The molecule has 1 fully saturated rings. The van der Waals surface area contributed by atoms with Gasteiger partial charge < -0.3 is 21.1 Å². The predicted molar refractivity (Wildman–Crippen MR) is 129 cm³/mol. The Balaban J connectivity index is 1.67. The fourth-order valence-corrected chi connectivity index (χ4v) is 4.35. The standard InChI is InChI=1S/C23H25N5O4S/c1-14-19(22(32)25-13-12-18(29)30)33-23(28(14)2)27-21(31)16-10-8-15(9-11-16)20(24)26-17-6-4-3-5-7-17/h3-11,14,19H,12-13H2,1-2H3,(H2,24,26)(H,25,32)(H,29,30). The summed E-state index contributed by atoms with van der Waals surface area (Å²) in [7, 11) is 1.76. The normalized spacial score (nSPS) is 19.5. The van der Waals surface area contributed by atoms with Gasteiger partial charge in [0.15, 0.2) is 5.17 Å². The molecule has 1 saturated heterocycles. The number of para-hydroxylation sites is 1. The number of aliphatic imine (C=N–C) groups is 2. The van der Waals surface area contributed by atoms with E-state index in [0.29, 0.717) is 22.1 Å². The Kier molecular flexibility index (Phi) is 7.83. The second kappa shape index (κ2) is 10.8. The summed E-state index contributed by atoms with van der Waals surface area (Å²) in [6.45, 7) is 1.90. The summed E-state index contributed by atoms with van der Waals surface area (Å²) >= 11 is 1.18. The molecule has 0 aliphatic carbocycles. The minimum Gasteiger partial charge on any atom is -0.481 e. The molecule has 0 radical (unpaired) electrons. The third kappa shape index (κ3) is 6.19. The van der Waals surface area contributed by atoms with Crippen molar-refractivity contribution in [3.8, 4) is 0 Å². The molecule has 1 aliphatic heterocycles. The number of carbonyl (C=O) groups excluding carboxylic acids is 2. The van der Waals surface area contributed by atoms with Gasteiger partial charge in [0.25, 0.3) is 5.91 Å². The van der Waals surface area contributed by atoms with E-state index in [1.165, 1.54) is 11.8 Å². The molecule has 3 rings (SSSR count). The van der Waals surface area contributed by atoms with Crippen molar-refractivity contribution in [3.05, 3.63) is 65.7 Å². The van der Waals surface area contributed by atoms with Crippen molar-refractivity contribution < 1.29 is 19.5 Å². The summed E-state index contributed by atoms with van der Waals surface area (Å²) in [5.41, 5.74) is 7.87. The van der Waals surface area contributed by atoms with Gasteiger partial charge >= 0.3 is 5.97 Å². The molecule has 0 aromatic heterocycles. The highest BCUT2D eigenvalue weighted by Gasteiger charge is 2.39. The second-order valence-corrected chi connectivity index (χ2v) is 8.54. The van der Waals surface area contributed by atoms with E-state index >= 15 is 0 Å². The van der Waals surface area contributed by atoms with E-state index in [1.807, 2.05) is 37.3 Å². The molecule has 1 heterocycles. The number of carboxylic acid groups (broad SMARTS) is 1. The first-order valence-corrected chi connectivity index (χ1v) is 11.2. The zero-order valence-corrected chi connectivity index (χ0v) is 19.1. The number of amides is 2. The van der Waals surface area contributed by atoms with Crippen LogP contribution in [0.4, 0.5) is 5.69 Å². The van der Waals surface area contributed by atoms with Crippen LogP contribution in [0.15, 0.2) is 64.6 Å². The molecule has 9 nitrogen and oxygen atoms in total. The molecule has 1 aliphatic rings. The van der Waals surface area contributed by atoms with Gasteiger partial charge in [-0.2, -0.15) is 4.99 Å². The van der Waals surface area contributed by atoms with Crippen molar-refractivity contribution in [3.63, 3.8) is 0 Å². The number of benzene rings is 2. The zero-order valence-electron chi connectivity index (χ0n) is 18.3. The lowest BCUT2D eigenvalue weighted by atomic mass is 10.1. The monoisotopic (exact) mass is 467 g/mol. The number of nitrogens with two attached hydrogens (primary N) is 1. The Hall–Kier alpha value is -3.66. The summed E-state index contributed by atoms with van der Waals surface area (Å²) in [4.78, 5) is 46.0. The first-order valence-electron chi connectivity index (χ1n) is 10.3. The minimum atomic E-state index is -0.980. The lowest BCUT2D eigenvalue weighted by Crippen LogP contribution is -2.41. The molecule has 2 aromatic rings. The van der Waals surface area contributed by atoms with Gasteiger partial charge in [0, 0.05) is 30.8 Å². The molecule has 172 valence electrons. The van der Waals surface area contributed by atoms with Crippen molar-refractivity contribution in [2.24, 2.45) is 15.7 Å². The fourth-order valence-electron chi connectivity index (χ4n) is 3.08. The number of carboxylic acids is 1. The number of carbonyl (C=O) groups is 3. The van der Waals surface area contributed by atoms with Gasteiger partial charge in [0.1, 0.15) is 11.1 Å². The van der Waals surface area contributed by atoms with Crippen molar-refractivity contribution in [2.45, 2.75) is 24.6 Å². The Morgan fingerprint density at radius 3 is 2.36 bits per heavy atom. The smallest absolute Gasteiger partial charge is 0.305 e. The number of amidine groups is 2. The van der Waals surface area contributed by atoms with E-state index in [2.05, 4.69) is 15.3 Å². The van der Waals surface area contributed by atoms with Gasteiger partial charge in [-0.05, 0) is 31.2 Å². The highest BCUT2D eigenvalue weighted by Crippen LogP contribution is 2.31. The number of thioether (sulfide) groups is 1. The average Bonchev–Trinajstić information content (AvgIpc) is 3.08. The van der Waals surface area contributed by atoms with Crippen LogP contribution in [0.2, 0.25) is 0 Å². The summed E-state index contributed by atoms with van der Waals surface area (Å²) < 4.78 is 0. The van der Waals surface area contributed by atoms with E-state index in [-0.39, 0.29) is 24.9 Å². The van der Waals surface area contributed by atoms with E-state index in [1.54, 1.807) is 36.2 Å². The van der Waals surface area contributed by atoms with E-state index < -0.39 is 17.1 Å². The maximum atomic E-state index is 12.7. The molecule has 2 amide bonds. The quantitative estimate of drug-likeness (QED) is 0.419. The number of aliphatic carboxylic acids is 1. The first kappa shape index (κ1) is 24.0. The van der Waals surface area contributed by atoms with Crippen molar-refractivity contribution >= 4 is 46.2 Å². The van der Waals surface area contributed by atoms with Gasteiger partial charge in [-0.1, -0.05) is 42.1 Å². The van der Waals surface area contributed by atoms with Crippen LogP contribution in [0.25, 0.3) is 0 Å². The topological polar surface area (TPSA) is 137 Å². The van der Waals surface area contributed by atoms with Crippen LogP contribution in [-0.4, -0.2) is 63.7 Å². The molecule has 10 heteroatoms. The maximum Gasteiger partial charge on any atom is 0.305 e. The van der Waals surface area contributed by atoms with Gasteiger partial charge in [-0.25, -0.2) is 4.99 Å². The number of nitrogens with zero attached hydrogens (tertiary/aromatic N) is 3. The molecule has 0 spiro atoms. The molecule has 2 atom stereocenters. The third-order valence-corrected chi connectivity index (χ3v) is 6.56. The summed E-state index contributed by atoms with van der Waals surface area (Å²) in [5, 5.41) is 11.3. The average molecular weight is 468 g/mol. The third-order valence-electron chi connectivity index (χ3n) is 5.11. The van der Waals surface area contributed by atoms with Crippen LogP contribution in [-0.2, 0) is 9.59 Å². The van der Waals surface area contributed by atoms with Crippen LogP contribution in [0.1, 0.15) is 29.3 Å². The molecule has 0 saturated carbocycles. The highest BCUT2D eigenvalue weighted by atomic mass is 32.2. The van der Waals surface area contributed by atoms with Crippen molar-refractivity contribution in [1.82, 2.24) is 10.2 Å². The Morgan fingerprint density at radius 1 is 1.09 bits per heavy atom. The summed E-state index contributed by atoms with van der Waals surface area (Å²) in [5.74, 6) is -1.36. The van der Waals surface area contributed by atoms with Gasteiger partial charge in [-0.3, -0.25) is 14.4 Å². The second-order valence-electron chi connectivity index (χ2n) is 7.43. The van der Waals surface area contributed by atoms with Crippen LogP contribution >= 0.6 is 11.8 Å². The van der Waals surface area contributed by atoms with Crippen LogP contribution in [0.5, 0.6) is 0 Å². The molecule has 33 heavy (non-hydrogen) atoms. The zero-order chi connectivity index (χ0) is 24.0. The van der Waals surface area contributed by atoms with Crippen LogP contribution in [0.3, 0.4) is 0 Å².